The van der Waals surface area contributed by atoms with Crippen molar-refractivity contribution >= 4 is 16.3 Å². The predicted octanol–water partition coefficient (Wildman–Crippen LogP) is 3.13. The van der Waals surface area contributed by atoms with Gasteiger partial charge in [0.15, 0.2) is 0 Å². The highest BCUT2D eigenvalue weighted by atomic mass is 32.1. The monoisotopic (exact) mass is 287 g/mol. The second-order valence-electron chi connectivity index (χ2n) is 4.91. The van der Waals surface area contributed by atoms with Crippen molar-refractivity contribution in [1.29, 1.82) is 0 Å². The molecule has 0 unspecified atom stereocenters. The Hall–Kier alpha value is -1.72. The van der Waals surface area contributed by atoms with E-state index in [-0.39, 0.29) is 6.61 Å². The molecule has 0 bridgehead atoms. The molecule has 0 spiro atoms. The maximum Gasteiger partial charge on any atom is 0.213 e. The Labute approximate surface area is 121 Å². The van der Waals surface area contributed by atoms with Gasteiger partial charge in [0.05, 0.1) is 18.0 Å². The normalized spacial score (nSPS) is 11.4. The molecule has 0 aliphatic carbocycles. The average Bonchev–Trinajstić information content (AvgIpc) is 2.98. The Morgan fingerprint density at radius 1 is 1.25 bits per heavy atom. The molecule has 0 atom stereocenters. The third-order valence-corrected chi connectivity index (χ3v) is 4.62. The zero-order valence-electron chi connectivity index (χ0n) is 11.8. The van der Waals surface area contributed by atoms with Crippen LogP contribution in [0.4, 0.5) is 0 Å². The van der Waals surface area contributed by atoms with Gasteiger partial charge in [-0.15, -0.1) is 0 Å². The molecule has 0 aliphatic heterocycles. The lowest BCUT2D eigenvalue weighted by Gasteiger charge is -2.04. The zero-order valence-corrected chi connectivity index (χ0v) is 12.7. The van der Waals surface area contributed by atoms with Crippen LogP contribution in [0.3, 0.4) is 0 Å². The highest BCUT2D eigenvalue weighted by Gasteiger charge is 2.17. The van der Waals surface area contributed by atoms with Gasteiger partial charge in [-0.05, 0) is 37.5 Å². The van der Waals surface area contributed by atoms with Crippen molar-refractivity contribution in [2.75, 3.05) is 0 Å². The average molecular weight is 287 g/mol. The molecule has 2 heterocycles. The van der Waals surface area contributed by atoms with E-state index in [1.807, 2.05) is 0 Å². The van der Waals surface area contributed by atoms with E-state index in [2.05, 4.69) is 49.1 Å². The Morgan fingerprint density at radius 3 is 2.70 bits per heavy atom. The molecule has 0 saturated heterocycles. The van der Waals surface area contributed by atoms with Gasteiger partial charge in [0.1, 0.15) is 5.01 Å². The molecule has 1 aromatic carbocycles. The molecule has 5 heteroatoms. The van der Waals surface area contributed by atoms with E-state index in [0.717, 1.165) is 33.3 Å². The van der Waals surface area contributed by atoms with Crippen LogP contribution in [-0.2, 0) is 13.0 Å². The summed E-state index contributed by atoms with van der Waals surface area (Å²) in [6.45, 7) is 6.19. The first kappa shape index (κ1) is 13.3. The fraction of sp³-hybridized carbons (Fsp3) is 0.333. The highest BCUT2D eigenvalue weighted by Crippen LogP contribution is 2.28. The Bertz CT molecular complexity index is 773. The molecular weight excluding hydrogens is 270 g/mol. The van der Waals surface area contributed by atoms with E-state index < -0.39 is 0 Å². The summed E-state index contributed by atoms with van der Waals surface area (Å²) >= 11 is 1.58. The summed E-state index contributed by atoms with van der Waals surface area (Å²) in [5.41, 5.74) is 5.11. The molecule has 0 fully saturated rings. The lowest BCUT2D eigenvalue weighted by atomic mass is 10.0. The van der Waals surface area contributed by atoms with Gasteiger partial charge in [-0.25, -0.2) is 9.50 Å². The van der Waals surface area contributed by atoms with Gasteiger partial charge in [-0.1, -0.05) is 30.4 Å². The largest absolute Gasteiger partial charge is 0.390 e. The molecule has 0 amide bonds. The van der Waals surface area contributed by atoms with Crippen molar-refractivity contribution in [2.45, 2.75) is 33.8 Å². The van der Waals surface area contributed by atoms with Gasteiger partial charge in [-0.2, -0.15) is 5.10 Å². The van der Waals surface area contributed by atoms with E-state index in [1.54, 1.807) is 15.9 Å². The van der Waals surface area contributed by atoms with Crippen molar-refractivity contribution in [1.82, 2.24) is 14.6 Å². The lowest BCUT2D eigenvalue weighted by molar-refractivity contribution is 0.275. The number of nitrogens with zero attached hydrogens (tertiary/aromatic N) is 3. The minimum absolute atomic E-state index is 0.0592. The SMILES string of the molecule is CCc1nn2c(CO)c(-c3ccc(C)c(C)c3)nc2s1. The van der Waals surface area contributed by atoms with Crippen LogP contribution in [0, 0.1) is 13.8 Å². The number of aromatic nitrogens is 3. The summed E-state index contributed by atoms with van der Waals surface area (Å²) in [5.74, 6) is 0. The number of aliphatic hydroxyl groups excluding tert-OH is 1. The number of fused-ring (bicyclic) bond motifs is 1. The quantitative estimate of drug-likeness (QED) is 0.805. The fourth-order valence-electron chi connectivity index (χ4n) is 2.23. The standard InChI is InChI=1S/C15H17N3OS/c1-4-13-17-18-12(8-19)14(16-15(18)20-13)11-6-5-9(2)10(3)7-11/h5-7,19H,4,8H2,1-3H3. The zero-order chi connectivity index (χ0) is 14.3. The van der Waals surface area contributed by atoms with Crippen LogP contribution in [0.15, 0.2) is 18.2 Å². The van der Waals surface area contributed by atoms with E-state index in [9.17, 15) is 5.11 Å². The van der Waals surface area contributed by atoms with Crippen LogP contribution in [0.2, 0.25) is 0 Å². The molecule has 20 heavy (non-hydrogen) atoms. The first-order chi connectivity index (χ1) is 9.63. The van der Waals surface area contributed by atoms with Crippen LogP contribution >= 0.6 is 11.3 Å². The van der Waals surface area contributed by atoms with Gasteiger partial charge in [0.2, 0.25) is 4.96 Å². The molecule has 0 saturated carbocycles. The molecule has 0 radical (unpaired) electrons. The number of hydrogen-bond acceptors (Lipinski definition) is 4. The van der Waals surface area contributed by atoms with E-state index in [0.29, 0.717) is 0 Å². The number of aliphatic hydroxyl groups is 1. The van der Waals surface area contributed by atoms with Crippen LogP contribution in [0.5, 0.6) is 0 Å². The van der Waals surface area contributed by atoms with Crippen molar-refractivity contribution in [2.24, 2.45) is 0 Å². The Kier molecular flexibility index (Phi) is 3.31. The first-order valence-electron chi connectivity index (χ1n) is 6.69. The number of benzene rings is 1. The Morgan fingerprint density at radius 2 is 2.05 bits per heavy atom. The second-order valence-corrected chi connectivity index (χ2v) is 5.95. The molecule has 3 rings (SSSR count). The van der Waals surface area contributed by atoms with Crippen LogP contribution in [0.1, 0.15) is 28.8 Å². The summed E-state index contributed by atoms with van der Waals surface area (Å²) in [6.07, 6.45) is 0.887. The molecule has 3 aromatic rings. The maximum atomic E-state index is 9.68. The Balaban J connectivity index is 2.19. The van der Waals surface area contributed by atoms with Gasteiger partial charge in [-0.3, -0.25) is 0 Å². The lowest BCUT2D eigenvalue weighted by Crippen LogP contribution is -1.96. The molecule has 104 valence electrons. The maximum absolute atomic E-state index is 9.68. The van der Waals surface area contributed by atoms with Gasteiger partial charge >= 0.3 is 0 Å². The fourth-order valence-corrected chi connectivity index (χ4v) is 3.09. The third kappa shape index (κ3) is 2.03. The molecule has 4 nitrogen and oxygen atoms in total. The summed E-state index contributed by atoms with van der Waals surface area (Å²) in [6, 6.07) is 6.25. The van der Waals surface area contributed by atoms with E-state index in [1.165, 1.54) is 11.1 Å². The van der Waals surface area contributed by atoms with E-state index >= 15 is 0 Å². The van der Waals surface area contributed by atoms with Crippen LogP contribution in [0.25, 0.3) is 16.2 Å². The number of rotatable bonds is 3. The predicted molar refractivity (Wildman–Crippen MR) is 81.1 cm³/mol. The first-order valence-corrected chi connectivity index (χ1v) is 7.51. The molecule has 1 N–H and O–H groups in total. The molecule has 2 aromatic heterocycles. The van der Waals surface area contributed by atoms with Crippen LogP contribution < -0.4 is 0 Å². The number of aryl methyl sites for hydroxylation is 3. The van der Waals surface area contributed by atoms with Gasteiger partial charge in [0.25, 0.3) is 0 Å². The second kappa shape index (κ2) is 5.00. The third-order valence-electron chi connectivity index (χ3n) is 3.57. The molecular formula is C15H17N3OS. The topological polar surface area (TPSA) is 50.4 Å². The summed E-state index contributed by atoms with van der Waals surface area (Å²) in [7, 11) is 0. The van der Waals surface area contributed by atoms with Gasteiger partial charge < -0.3 is 5.11 Å². The summed E-state index contributed by atoms with van der Waals surface area (Å²) in [4.78, 5) is 5.50. The number of hydrogen-bond donors (Lipinski definition) is 1. The van der Waals surface area contributed by atoms with Crippen LogP contribution in [-0.4, -0.2) is 19.7 Å². The smallest absolute Gasteiger partial charge is 0.213 e. The molecule has 0 aliphatic rings. The van der Waals surface area contributed by atoms with Crippen molar-refractivity contribution < 1.29 is 5.11 Å². The minimum Gasteiger partial charge on any atom is -0.390 e. The number of imidazole rings is 1. The minimum atomic E-state index is -0.0592. The van der Waals surface area contributed by atoms with Crippen molar-refractivity contribution in [3.63, 3.8) is 0 Å². The van der Waals surface area contributed by atoms with Crippen molar-refractivity contribution in [3.8, 4) is 11.3 Å². The summed E-state index contributed by atoms with van der Waals surface area (Å²) in [5, 5.41) is 15.2. The summed E-state index contributed by atoms with van der Waals surface area (Å²) < 4.78 is 1.77. The van der Waals surface area contributed by atoms with Gasteiger partial charge in [0, 0.05) is 5.56 Å². The highest BCUT2D eigenvalue weighted by molar-refractivity contribution is 7.16. The van der Waals surface area contributed by atoms with Crippen molar-refractivity contribution in [3.05, 3.63) is 40.0 Å². The van der Waals surface area contributed by atoms with E-state index in [4.69, 9.17) is 0 Å².